The molecule has 1 amide bonds. The first-order chi connectivity index (χ1) is 10.5. The molecule has 1 aromatic carbocycles. The molecule has 1 aliphatic carbocycles. The topological polar surface area (TPSA) is 84.9 Å². The molecule has 1 aliphatic rings. The Labute approximate surface area is 129 Å². The lowest BCUT2D eigenvalue weighted by Gasteiger charge is -2.43. The summed E-state index contributed by atoms with van der Waals surface area (Å²) < 4.78 is 10.9. The zero-order valence-corrected chi connectivity index (χ0v) is 12.7. The molecule has 1 saturated carbocycles. The summed E-state index contributed by atoms with van der Waals surface area (Å²) >= 11 is 0. The highest BCUT2D eigenvalue weighted by Crippen LogP contribution is 2.26. The zero-order valence-electron chi connectivity index (χ0n) is 12.7. The molecule has 0 spiro atoms. The second kappa shape index (κ2) is 7.38. The van der Waals surface area contributed by atoms with Crippen molar-refractivity contribution in [2.75, 3.05) is 13.7 Å². The molecule has 1 aromatic rings. The van der Waals surface area contributed by atoms with Gasteiger partial charge in [-0.3, -0.25) is 4.79 Å². The van der Waals surface area contributed by atoms with Gasteiger partial charge in [0.25, 0.3) is 0 Å². The van der Waals surface area contributed by atoms with E-state index >= 15 is 0 Å². The van der Waals surface area contributed by atoms with Crippen LogP contribution in [0.4, 0.5) is 0 Å². The van der Waals surface area contributed by atoms with Crippen LogP contribution in [0.1, 0.15) is 29.3 Å². The molecular formula is C16H21NO5. The first kappa shape index (κ1) is 16.5. The molecule has 0 saturated heterocycles. The average Bonchev–Trinajstić information content (AvgIpc) is 2.47. The highest BCUT2D eigenvalue weighted by atomic mass is 16.5. The minimum absolute atomic E-state index is 0.0349. The van der Waals surface area contributed by atoms with Crippen molar-refractivity contribution in [3.8, 4) is 0 Å². The van der Waals surface area contributed by atoms with E-state index in [4.69, 9.17) is 14.6 Å². The summed E-state index contributed by atoms with van der Waals surface area (Å²) in [5.41, 5.74) is 0.985. The van der Waals surface area contributed by atoms with Crippen LogP contribution in [0.2, 0.25) is 0 Å². The van der Waals surface area contributed by atoms with Crippen molar-refractivity contribution < 1.29 is 24.2 Å². The lowest BCUT2D eigenvalue weighted by molar-refractivity contribution is -0.142. The number of nitrogens with one attached hydrogen (secondary N) is 1. The Morgan fingerprint density at radius 1 is 1.32 bits per heavy atom. The summed E-state index contributed by atoms with van der Waals surface area (Å²) in [5, 5.41) is 11.8. The number of carboxylic acid groups (broad SMARTS) is 1. The van der Waals surface area contributed by atoms with Gasteiger partial charge in [0.15, 0.2) is 0 Å². The van der Waals surface area contributed by atoms with E-state index in [1.54, 1.807) is 19.2 Å². The number of rotatable bonds is 7. The zero-order chi connectivity index (χ0) is 16.1. The maximum atomic E-state index is 12.0. The Bertz CT molecular complexity index is 528. The number of carbonyl (C=O) groups excluding carboxylic acids is 1. The molecule has 3 unspecified atom stereocenters. The molecule has 3 atom stereocenters. The van der Waals surface area contributed by atoms with Crippen molar-refractivity contribution in [2.24, 2.45) is 0 Å². The van der Waals surface area contributed by atoms with Gasteiger partial charge in [0.1, 0.15) is 6.10 Å². The van der Waals surface area contributed by atoms with Gasteiger partial charge in [-0.2, -0.15) is 0 Å². The highest BCUT2D eigenvalue weighted by Gasteiger charge is 2.42. The molecule has 2 N–H and O–H groups in total. The van der Waals surface area contributed by atoms with E-state index in [9.17, 15) is 9.59 Å². The van der Waals surface area contributed by atoms with E-state index < -0.39 is 5.97 Å². The number of ether oxygens (including phenoxy) is 2. The number of hydrogen-bond donors (Lipinski definition) is 2. The maximum Gasteiger partial charge on any atom is 0.335 e. The van der Waals surface area contributed by atoms with Crippen molar-refractivity contribution in [1.29, 1.82) is 0 Å². The van der Waals surface area contributed by atoms with Gasteiger partial charge in [-0.1, -0.05) is 12.1 Å². The molecule has 0 radical (unpaired) electrons. The average molecular weight is 307 g/mol. The fourth-order valence-electron chi connectivity index (χ4n) is 2.62. The van der Waals surface area contributed by atoms with Crippen LogP contribution in [-0.2, 0) is 20.7 Å². The van der Waals surface area contributed by atoms with E-state index in [1.165, 1.54) is 12.1 Å². The third-order valence-corrected chi connectivity index (χ3v) is 3.81. The van der Waals surface area contributed by atoms with Gasteiger partial charge in [-0.05, 0) is 31.0 Å². The number of carboxylic acids is 1. The minimum atomic E-state index is -0.977. The Morgan fingerprint density at radius 3 is 2.55 bits per heavy atom. The summed E-state index contributed by atoms with van der Waals surface area (Å²) in [6, 6.07) is 6.27. The SMILES string of the molecule is CCOC1CC(NC(=O)Cc2ccc(C(=O)O)cc2)C1OC. The quantitative estimate of drug-likeness (QED) is 0.791. The van der Waals surface area contributed by atoms with E-state index in [-0.39, 0.29) is 36.1 Å². The summed E-state index contributed by atoms with van der Waals surface area (Å²) in [7, 11) is 1.61. The molecule has 0 bridgehead atoms. The number of hydrogen-bond acceptors (Lipinski definition) is 4. The predicted molar refractivity (Wildman–Crippen MR) is 79.9 cm³/mol. The predicted octanol–water partition coefficient (Wildman–Crippen LogP) is 1.24. The molecule has 1 fully saturated rings. The normalized spacial score (nSPS) is 23.6. The van der Waals surface area contributed by atoms with Gasteiger partial charge in [0.2, 0.25) is 5.91 Å². The molecular weight excluding hydrogens is 286 g/mol. The first-order valence-corrected chi connectivity index (χ1v) is 7.31. The third-order valence-electron chi connectivity index (χ3n) is 3.81. The van der Waals surface area contributed by atoms with Gasteiger partial charge in [-0.25, -0.2) is 4.79 Å². The van der Waals surface area contributed by atoms with Gasteiger partial charge < -0.3 is 19.9 Å². The van der Waals surface area contributed by atoms with E-state index in [2.05, 4.69) is 5.32 Å². The van der Waals surface area contributed by atoms with Crippen molar-refractivity contribution in [1.82, 2.24) is 5.32 Å². The monoisotopic (exact) mass is 307 g/mol. The molecule has 6 heteroatoms. The fourth-order valence-corrected chi connectivity index (χ4v) is 2.62. The summed E-state index contributed by atoms with van der Waals surface area (Å²) in [4.78, 5) is 22.8. The molecule has 6 nitrogen and oxygen atoms in total. The van der Waals surface area contributed by atoms with Crippen molar-refractivity contribution in [2.45, 2.75) is 38.0 Å². The second-order valence-corrected chi connectivity index (χ2v) is 5.28. The second-order valence-electron chi connectivity index (χ2n) is 5.28. The Morgan fingerprint density at radius 2 is 2.00 bits per heavy atom. The van der Waals surface area contributed by atoms with E-state index in [1.807, 2.05) is 6.92 Å². The first-order valence-electron chi connectivity index (χ1n) is 7.31. The summed E-state index contributed by atoms with van der Waals surface area (Å²) in [6.45, 7) is 2.56. The number of aromatic carboxylic acids is 1. The van der Waals surface area contributed by atoms with Crippen LogP contribution < -0.4 is 5.32 Å². The minimum Gasteiger partial charge on any atom is -0.478 e. The van der Waals surface area contributed by atoms with Crippen LogP contribution in [0, 0.1) is 0 Å². The van der Waals surface area contributed by atoms with E-state index in [0.717, 1.165) is 12.0 Å². The fraction of sp³-hybridized carbons (Fsp3) is 0.500. The lowest BCUT2D eigenvalue weighted by Crippen LogP contribution is -2.61. The molecule has 0 aliphatic heterocycles. The van der Waals surface area contributed by atoms with Crippen molar-refractivity contribution >= 4 is 11.9 Å². The lowest BCUT2D eigenvalue weighted by atomic mass is 9.85. The van der Waals surface area contributed by atoms with Gasteiger partial charge in [0.05, 0.1) is 24.1 Å². The summed E-state index contributed by atoms with van der Waals surface area (Å²) in [5.74, 6) is -1.08. The number of carbonyl (C=O) groups is 2. The number of methoxy groups -OCH3 is 1. The molecule has 0 aromatic heterocycles. The molecule has 22 heavy (non-hydrogen) atoms. The largest absolute Gasteiger partial charge is 0.478 e. The van der Waals surface area contributed by atoms with Gasteiger partial charge in [0, 0.05) is 13.7 Å². The maximum absolute atomic E-state index is 12.0. The smallest absolute Gasteiger partial charge is 0.335 e. The Balaban J connectivity index is 1.84. The highest BCUT2D eigenvalue weighted by molar-refractivity contribution is 5.87. The van der Waals surface area contributed by atoms with Crippen LogP contribution in [0.15, 0.2) is 24.3 Å². The molecule has 0 heterocycles. The van der Waals surface area contributed by atoms with Crippen LogP contribution in [-0.4, -0.2) is 48.9 Å². The summed E-state index contributed by atoms with van der Waals surface area (Å²) in [6.07, 6.45) is 0.885. The van der Waals surface area contributed by atoms with Crippen molar-refractivity contribution in [3.63, 3.8) is 0 Å². The Hall–Kier alpha value is -1.92. The molecule has 120 valence electrons. The van der Waals surface area contributed by atoms with E-state index in [0.29, 0.717) is 6.61 Å². The van der Waals surface area contributed by atoms with Crippen LogP contribution >= 0.6 is 0 Å². The van der Waals surface area contributed by atoms with Gasteiger partial charge >= 0.3 is 5.97 Å². The number of benzene rings is 1. The third kappa shape index (κ3) is 3.84. The molecule has 2 rings (SSSR count). The van der Waals surface area contributed by atoms with Crippen LogP contribution in [0.25, 0.3) is 0 Å². The number of amides is 1. The van der Waals surface area contributed by atoms with Crippen LogP contribution in [0.5, 0.6) is 0 Å². The van der Waals surface area contributed by atoms with Gasteiger partial charge in [-0.15, -0.1) is 0 Å². The standard InChI is InChI=1S/C16H21NO5/c1-3-22-13-9-12(15(13)21-2)17-14(18)8-10-4-6-11(7-5-10)16(19)20/h4-7,12-13,15H,3,8-9H2,1-2H3,(H,17,18)(H,19,20). The Kier molecular flexibility index (Phi) is 5.51. The van der Waals surface area contributed by atoms with Crippen LogP contribution in [0.3, 0.4) is 0 Å². The van der Waals surface area contributed by atoms with Crippen molar-refractivity contribution in [3.05, 3.63) is 35.4 Å².